The Morgan fingerprint density at radius 2 is 2.33 bits per heavy atom. The summed E-state index contributed by atoms with van der Waals surface area (Å²) in [5, 5.41) is 18.2. The van der Waals surface area contributed by atoms with Crippen LogP contribution in [0.4, 0.5) is 0 Å². The van der Waals surface area contributed by atoms with Gasteiger partial charge in [0.1, 0.15) is 0 Å². The second-order valence-corrected chi connectivity index (χ2v) is 3.13. The van der Waals surface area contributed by atoms with E-state index in [0.29, 0.717) is 0 Å². The Hall–Kier alpha value is -0.0800. The van der Waals surface area contributed by atoms with Crippen LogP contribution in [0.2, 0.25) is 0 Å². The van der Waals surface area contributed by atoms with Gasteiger partial charge in [-0.05, 0) is 19.8 Å². The molecule has 0 saturated heterocycles. The van der Waals surface area contributed by atoms with Crippen LogP contribution < -0.4 is 0 Å². The van der Waals surface area contributed by atoms with Crippen molar-refractivity contribution in [1.82, 2.24) is 0 Å². The molecule has 1 saturated carbocycles. The molecule has 0 aliphatic heterocycles. The lowest BCUT2D eigenvalue weighted by atomic mass is 9.94. The van der Waals surface area contributed by atoms with E-state index in [1.54, 1.807) is 6.92 Å². The molecule has 2 atom stereocenters. The second-order valence-electron chi connectivity index (χ2n) is 3.13. The Morgan fingerprint density at radius 1 is 1.67 bits per heavy atom. The van der Waals surface area contributed by atoms with Crippen molar-refractivity contribution < 1.29 is 10.2 Å². The average molecular weight is 130 g/mol. The van der Waals surface area contributed by atoms with Crippen LogP contribution in [0, 0.1) is 5.92 Å². The zero-order valence-corrected chi connectivity index (χ0v) is 5.80. The van der Waals surface area contributed by atoms with Gasteiger partial charge in [-0.15, -0.1) is 0 Å². The predicted molar refractivity (Wildman–Crippen MR) is 35.1 cm³/mol. The maximum atomic E-state index is 9.49. The molecule has 9 heavy (non-hydrogen) atoms. The summed E-state index contributed by atoms with van der Waals surface area (Å²) in [5.74, 6) is 0.123. The minimum absolute atomic E-state index is 0.123. The van der Waals surface area contributed by atoms with Crippen molar-refractivity contribution in [2.24, 2.45) is 5.92 Å². The van der Waals surface area contributed by atoms with Crippen LogP contribution in [-0.4, -0.2) is 22.4 Å². The van der Waals surface area contributed by atoms with Crippen molar-refractivity contribution in [3.63, 3.8) is 0 Å². The van der Waals surface area contributed by atoms with Crippen LogP contribution in [-0.2, 0) is 0 Å². The first-order valence-corrected chi connectivity index (χ1v) is 3.50. The second kappa shape index (κ2) is 2.27. The fourth-order valence-electron chi connectivity index (χ4n) is 1.51. The van der Waals surface area contributed by atoms with Crippen LogP contribution in [0.5, 0.6) is 0 Å². The summed E-state index contributed by atoms with van der Waals surface area (Å²) in [6, 6.07) is 0. The molecular weight excluding hydrogens is 116 g/mol. The van der Waals surface area contributed by atoms with Crippen molar-refractivity contribution >= 4 is 0 Å². The average Bonchev–Trinajstić information content (AvgIpc) is 2.08. The predicted octanol–water partition coefficient (Wildman–Crippen LogP) is 0.530. The molecule has 0 spiro atoms. The third-order valence-corrected chi connectivity index (χ3v) is 2.34. The monoisotopic (exact) mass is 130 g/mol. The van der Waals surface area contributed by atoms with Gasteiger partial charge in [-0.25, -0.2) is 0 Å². The molecule has 0 bridgehead atoms. The summed E-state index contributed by atoms with van der Waals surface area (Å²) in [5.41, 5.74) is -0.589. The summed E-state index contributed by atoms with van der Waals surface area (Å²) < 4.78 is 0. The fraction of sp³-hybridized carbons (Fsp3) is 1.00. The number of hydrogen-bond donors (Lipinski definition) is 2. The molecule has 2 heteroatoms. The van der Waals surface area contributed by atoms with Crippen LogP contribution in [0.15, 0.2) is 0 Å². The SMILES string of the molecule is CC1(O)CCCC1CO. The van der Waals surface area contributed by atoms with Crippen molar-refractivity contribution in [2.75, 3.05) is 6.61 Å². The van der Waals surface area contributed by atoms with E-state index in [2.05, 4.69) is 0 Å². The van der Waals surface area contributed by atoms with E-state index in [0.717, 1.165) is 19.3 Å². The molecule has 0 aromatic heterocycles. The first-order valence-electron chi connectivity index (χ1n) is 3.50. The van der Waals surface area contributed by atoms with Gasteiger partial charge >= 0.3 is 0 Å². The summed E-state index contributed by atoms with van der Waals surface area (Å²) in [6.07, 6.45) is 2.87. The highest BCUT2D eigenvalue weighted by Gasteiger charge is 2.35. The van der Waals surface area contributed by atoms with Crippen molar-refractivity contribution in [1.29, 1.82) is 0 Å². The smallest absolute Gasteiger partial charge is 0.0669 e. The zero-order valence-electron chi connectivity index (χ0n) is 5.80. The maximum absolute atomic E-state index is 9.49. The van der Waals surface area contributed by atoms with E-state index in [1.807, 2.05) is 0 Å². The molecule has 0 aromatic carbocycles. The van der Waals surface area contributed by atoms with Gasteiger partial charge in [0, 0.05) is 12.5 Å². The van der Waals surface area contributed by atoms with Gasteiger partial charge in [0.15, 0.2) is 0 Å². The lowest BCUT2D eigenvalue weighted by molar-refractivity contribution is -0.00179. The molecule has 54 valence electrons. The quantitative estimate of drug-likeness (QED) is 0.543. The normalized spacial score (nSPS) is 43.7. The van der Waals surface area contributed by atoms with E-state index in [9.17, 15) is 5.11 Å². The van der Waals surface area contributed by atoms with Crippen LogP contribution >= 0.6 is 0 Å². The number of rotatable bonds is 1. The zero-order chi connectivity index (χ0) is 6.91. The molecule has 1 aliphatic carbocycles. The third-order valence-electron chi connectivity index (χ3n) is 2.34. The Bertz CT molecular complexity index is 99.1. The first-order chi connectivity index (χ1) is 4.17. The maximum Gasteiger partial charge on any atom is 0.0669 e. The fourth-order valence-corrected chi connectivity index (χ4v) is 1.51. The standard InChI is InChI=1S/C7H14O2/c1-7(9)4-2-3-6(7)5-8/h6,8-9H,2-5H2,1H3. The summed E-state index contributed by atoms with van der Waals surface area (Å²) >= 11 is 0. The largest absolute Gasteiger partial charge is 0.396 e. The van der Waals surface area contributed by atoms with Gasteiger partial charge in [-0.1, -0.05) is 6.42 Å². The highest BCUT2D eigenvalue weighted by atomic mass is 16.3. The number of hydrogen-bond acceptors (Lipinski definition) is 2. The highest BCUT2D eigenvalue weighted by Crippen LogP contribution is 2.34. The molecule has 0 amide bonds. The highest BCUT2D eigenvalue weighted by molar-refractivity contribution is 4.87. The Balaban J connectivity index is 2.52. The summed E-state index contributed by atoms with van der Waals surface area (Å²) in [6.45, 7) is 1.94. The van der Waals surface area contributed by atoms with Crippen molar-refractivity contribution in [2.45, 2.75) is 31.8 Å². The van der Waals surface area contributed by atoms with Crippen molar-refractivity contribution in [3.8, 4) is 0 Å². The Morgan fingerprint density at radius 3 is 2.56 bits per heavy atom. The van der Waals surface area contributed by atoms with E-state index >= 15 is 0 Å². The molecule has 0 heterocycles. The van der Waals surface area contributed by atoms with Gasteiger partial charge < -0.3 is 10.2 Å². The van der Waals surface area contributed by atoms with Crippen LogP contribution in [0.25, 0.3) is 0 Å². The van der Waals surface area contributed by atoms with Gasteiger partial charge in [-0.2, -0.15) is 0 Å². The van der Waals surface area contributed by atoms with E-state index < -0.39 is 5.60 Å². The minimum Gasteiger partial charge on any atom is -0.396 e. The summed E-state index contributed by atoms with van der Waals surface area (Å²) in [7, 11) is 0. The van der Waals surface area contributed by atoms with E-state index in [-0.39, 0.29) is 12.5 Å². The van der Waals surface area contributed by atoms with Gasteiger partial charge in [-0.3, -0.25) is 0 Å². The lowest BCUT2D eigenvalue weighted by Crippen LogP contribution is -2.30. The van der Waals surface area contributed by atoms with Gasteiger partial charge in [0.05, 0.1) is 5.60 Å². The molecule has 2 N–H and O–H groups in total. The molecule has 2 nitrogen and oxygen atoms in total. The van der Waals surface area contributed by atoms with E-state index in [1.165, 1.54) is 0 Å². The number of aliphatic hydroxyl groups is 2. The first kappa shape index (κ1) is 7.03. The van der Waals surface area contributed by atoms with Gasteiger partial charge in [0.25, 0.3) is 0 Å². The van der Waals surface area contributed by atoms with Gasteiger partial charge in [0.2, 0.25) is 0 Å². The van der Waals surface area contributed by atoms with E-state index in [4.69, 9.17) is 5.11 Å². The molecule has 1 aliphatic rings. The van der Waals surface area contributed by atoms with Crippen molar-refractivity contribution in [3.05, 3.63) is 0 Å². The topological polar surface area (TPSA) is 40.5 Å². The lowest BCUT2D eigenvalue weighted by Gasteiger charge is -2.22. The molecule has 0 radical (unpaired) electrons. The molecular formula is C7H14O2. The molecule has 1 rings (SSSR count). The third kappa shape index (κ3) is 1.25. The van der Waals surface area contributed by atoms with Crippen LogP contribution in [0.3, 0.4) is 0 Å². The Kier molecular flexibility index (Phi) is 1.78. The van der Waals surface area contributed by atoms with Crippen LogP contribution in [0.1, 0.15) is 26.2 Å². The number of aliphatic hydroxyl groups excluding tert-OH is 1. The minimum atomic E-state index is -0.589. The Labute approximate surface area is 55.5 Å². The summed E-state index contributed by atoms with van der Waals surface area (Å²) in [4.78, 5) is 0. The molecule has 0 aromatic rings. The molecule has 2 unspecified atom stereocenters. The molecule has 1 fully saturated rings.